The van der Waals surface area contributed by atoms with Gasteiger partial charge in [0.1, 0.15) is 0 Å². The largest absolute Gasteiger partial charge is 0.0985 e. The molecule has 0 heteroatoms. The van der Waals surface area contributed by atoms with Gasteiger partial charge in [0.05, 0.1) is 0 Å². The van der Waals surface area contributed by atoms with Crippen LogP contribution in [-0.2, 0) is 0 Å². The molecule has 0 aromatic rings. The third-order valence-electron chi connectivity index (χ3n) is 3.09. The van der Waals surface area contributed by atoms with Gasteiger partial charge < -0.3 is 0 Å². The average Bonchev–Trinajstić information content (AvgIpc) is 2.48. The SMILES string of the molecule is C=CC(=C)C(=C)C(=C)C(=C)C(=C)C(=C)C(=C)C(=C)C=C. The fourth-order valence-electron chi connectivity index (χ4n) is 1.36. The van der Waals surface area contributed by atoms with E-state index in [1.54, 1.807) is 12.2 Å². The summed E-state index contributed by atoms with van der Waals surface area (Å²) in [4.78, 5) is 0. The van der Waals surface area contributed by atoms with Gasteiger partial charge in [0.2, 0.25) is 0 Å². The molecule has 0 fully saturated rings. The van der Waals surface area contributed by atoms with Gasteiger partial charge in [0.15, 0.2) is 0 Å². The summed E-state index contributed by atoms with van der Waals surface area (Å²) in [7, 11) is 0. The van der Waals surface area contributed by atoms with Crippen molar-refractivity contribution in [2.75, 3.05) is 0 Å². The van der Waals surface area contributed by atoms with E-state index in [1.807, 2.05) is 0 Å². The van der Waals surface area contributed by atoms with Crippen LogP contribution in [0.3, 0.4) is 0 Å². The number of hydrogen-bond donors (Lipinski definition) is 0. The zero-order valence-electron chi connectivity index (χ0n) is 12.2. The van der Waals surface area contributed by atoms with Crippen molar-refractivity contribution in [2.24, 2.45) is 0 Å². The van der Waals surface area contributed by atoms with E-state index >= 15 is 0 Å². The van der Waals surface area contributed by atoms with Gasteiger partial charge in [-0.2, -0.15) is 0 Å². The Kier molecular flexibility index (Phi) is 6.18. The van der Waals surface area contributed by atoms with E-state index in [0.29, 0.717) is 44.6 Å². The van der Waals surface area contributed by atoms with Crippen LogP contribution < -0.4 is 0 Å². The zero-order valence-corrected chi connectivity index (χ0v) is 12.2. The van der Waals surface area contributed by atoms with Crippen LogP contribution in [0.4, 0.5) is 0 Å². The average molecular weight is 262 g/mol. The highest BCUT2D eigenvalue weighted by Gasteiger charge is 2.13. The van der Waals surface area contributed by atoms with Crippen molar-refractivity contribution >= 4 is 0 Å². The summed E-state index contributed by atoms with van der Waals surface area (Å²) >= 11 is 0. The quantitative estimate of drug-likeness (QED) is 0.460. The van der Waals surface area contributed by atoms with Gasteiger partial charge in [-0.3, -0.25) is 0 Å². The van der Waals surface area contributed by atoms with Crippen LogP contribution in [0.1, 0.15) is 0 Å². The van der Waals surface area contributed by atoms with Crippen molar-refractivity contribution in [1.82, 2.24) is 0 Å². The molecule has 0 saturated carbocycles. The van der Waals surface area contributed by atoms with E-state index in [4.69, 9.17) is 0 Å². The molecule has 0 aliphatic heterocycles. The molecule has 20 heavy (non-hydrogen) atoms. The third-order valence-corrected chi connectivity index (χ3v) is 3.09. The predicted octanol–water partition coefficient (Wildman–Crippen LogP) is 5.81. The second-order valence-electron chi connectivity index (χ2n) is 4.33. The Bertz CT molecular complexity index is 532. The summed E-state index contributed by atoms with van der Waals surface area (Å²) in [6.07, 6.45) is 3.24. The minimum Gasteiger partial charge on any atom is -0.0985 e. The maximum absolute atomic E-state index is 3.99. The molecule has 0 spiro atoms. The molecule has 102 valence electrons. The van der Waals surface area contributed by atoms with E-state index in [1.165, 1.54) is 0 Å². The van der Waals surface area contributed by atoms with Crippen molar-refractivity contribution < 1.29 is 0 Å². The van der Waals surface area contributed by atoms with Gasteiger partial charge in [-0.1, -0.05) is 77.9 Å². The smallest absolute Gasteiger partial charge is 0.0183 e. The summed E-state index contributed by atoms with van der Waals surface area (Å²) in [6, 6.07) is 0. The first-order valence-corrected chi connectivity index (χ1v) is 5.97. The van der Waals surface area contributed by atoms with Crippen LogP contribution in [0.25, 0.3) is 0 Å². The molecule has 0 amide bonds. The van der Waals surface area contributed by atoms with Crippen molar-refractivity contribution in [2.45, 2.75) is 0 Å². The van der Waals surface area contributed by atoms with Gasteiger partial charge in [0, 0.05) is 0 Å². The molecule has 0 bridgehead atoms. The third kappa shape index (κ3) is 3.69. The summed E-state index contributed by atoms with van der Waals surface area (Å²) in [5, 5.41) is 0. The van der Waals surface area contributed by atoms with Crippen LogP contribution in [-0.4, -0.2) is 0 Å². The zero-order chi connectivity index (χ0) is 16.0. The standard InChI is InChI=1S/C20H22/c1-11-13(3)15(5)17(7)19(9)20(10)18(8)16(6)14(4)12-2/h11-12H,1-10H2. The van der Waals surface area contributed by atoms with Crippen molar-refractivity contribution in [3.05, 3.63) is 123 Å². The molecule has 0 atom stereocenters. The van der Waals surface area contributed by atoms with Gasteiger partial charge >= 0.3 is 0 Å². The van der Waals surface area contributed by atoms with E-state index in [-0.39, 0.29) is 0 Å². The maximum Gasteiger partial charge on any atom is -0.0183 e. The number of rotatable bonds is 9. The topological polar surface area (TPSA) is 0 Å². The van der Waals surface area contributed by atoms with Gasteiger partial charge in [-0.15, -0.1) is 0 Å². The lowest BCUT2D eigenvalue weighted by Crippen LogP contribution is -1.99. The van der Waals surface area contributed by atoms with Crippen LogP contribution in [0.15, 0.2) is 123 Å². The lowest BCUT2D eigenvalue weighted by atomic mass is 9.86. The fourth-order valence-corrected chi connectivity index (χ4v) is 1.36. The lowest BCUT2D eigenvalue weighted by Gasteiger charge is -2.18. The number of hydrogen-bond acceptors (Lipinski definition) is 0. The molecule has 0 aliphatic rings. The van der Waals surface area contributed by atoms with Crippen LogP contribution >= 0.6 is 0 Å². The summed E-state index contributed by atoms with van der Waals surface area (Å²) in [5.41, 5.74) is 5.32. The first kappa shape index (κ1) is 17.4. The van der Waals surface area contributed by atoms with Crippen molar-refractivity contribution in [1.29, 1.82) is 0 Å². The molecule has 0 aromatic carbocycles. The van der Waals surface area contributed by atoms with Crippen molar-refractivity contribution in [3.8, 4) is 0 Å². The Labute approximate surface area is 123 Å². The summed E-state index contributed by atoms with van der Waals surface area (Å²) < 4.78 is 0. The van der Waals surface area contributed by atoms with E-state index in [0.717, 1.165) is 0 Å². The Balaban J connectivity index is 5.19. The van der Waals surface area contributed by atoms with Crippen LogP contribution in [0, 0.1) is 0 Å². The molecular weight excluding hydrogens is 240 g/mol. The van der Waals surface area contributed by atoms with Crippen LogP contribution in [0.5, 0.6) is 0 Å². The molecule has 0 unspecified atom stereocenters. The highest BCUT2D eigenvalue weighted by atomic mass is 14.2. The first-order chi connectivity index (χ1) is 9.18. The molecule has 0 saturated heterocycles. The molecule has 0 radical (unpaired) electrons. The molecule has 0 aliphatic carbocycles. The second-order valence-corrected chi connectivity index (χ2v) is 4.33. The van der Waals surface area contributed by atoms with Crippen LogP contribution in [0.2, 0.25) is 0 Å². The molecular formula is C20H22. The molecule has 0 heterocycles. The second kappa shape index (κ2) is 7.10. The van der Waals surface area contributed by atoms with Gasteiger partial charge in [-0.25, -0.2) is 0 Å². The Hall–Kier alpha value is -2.60. The molecule has 0 N–H and O–H groups in total. The van der Waals surface area contributed by atoms with E-state index in [2.05, 4.69) is 65.8 Å². The Morgan fingerprint density at radius 1 is 0.400 bits per heavy atom. The minimum absolute atomic E-state index is 0.640. The Morgan fingerprint density at radius 2 is 0.600 bits per heavy atom. The van der Waals surface area contributed by atoms with E-state index < -0.39 is 0 Å². The van der Waals surface area contributed by atoms with Gasteiger partial charge in [0.25, 0.3) is 0 Å². The van der Waals surface area contributed by atoms with E-state index in [9.17, 15) is 0 Å². The fraction of sp³-hybridized carbons (Fsp3) is 0. The lowest BCUT2D eigenvalue weighted by molar-refractivity contribution is 1.36. The Morgan fingerprint density at radius 3 is 0.800 bits per heavy atom. The predicted molar refractivity (Wildman–Crippen MR) is 93.5 cm³/mol. The molecule has 0 aromatic heterocycles. The monoisotopic (exact) mass is 262 g/mol. The number of allylic oxidation sites excluding steroid dienone is 10. The highest BCUT2D eigenvalue weighted by Crippen LogP contribution is 2.32. The molecule has 0 rings (SSSR count). The van der Waals surface area contributed by atoms with Gasteiger partial charge in [-0.05, 0) is 44.6 Å². The molecule has 0 nitrogen and oxygen atoms in total. The minimum atomic E-state index is 0.640. The first-order valence-electron chi connectivity index (χ1n) is 5.97. The normalized spacial score (nSPS) is 9.00. The summed E-state index contributed by atoms with van der Waals surface area (Å²) in [5.74, 6) is 0. The maximum atomic E-state index is 3.99. The van der Waals surface area contributed by atoms with Crippen molar-refractivity contribution in [3.63, 3.8) is 0 Å². The highest BCUT2D eigenvalue weighted by molar-refractivity contribution is 5.68. The summed E-state index contributed by atoms with van der Waals surface area (Å²) in [6.45, 7) is 38.8.